The van der Waals surface area contributed by atoms with Gasteiger partial charge in [0.2, 0.25) is 0 Å². The summed E-state index contributed by atoms with van der Waals surface area (Å²) in [6.45, 7) is 0. The second-order valence-electron chi connectivity index (χ2n) is 9.36. The Balaban J connectivity index is 0.000000175. The van der Waals surface area contributed by atoms with Crippen molar-refractivity contribution < 1.29 is 13.9 Å². The van der Waals surface area contributed by atoms with Crippen LogP contribution in [0.25, 0.3) is 45.1 Å². The van der Waals surface area contributed by atoms with Gasteiger partial charge in [0.1, 0.15) is 17.3 Å². The van der Waals surface area contributed by atoms with Gasteiger partial charge in [-0.15, -0.1) is 0 Å². The molecule has 0 aliphatic carbocycles. The molecular formula is C34H24BrFN6O2. The fraction of sp³-hybridized carbons (Fsp3) is 0.0588. The number of halogens is 2. The number of hydrogen-bond acceptors (Lipinski definition) is 6. The molecule has 0 atom stereocenters. The Labute approximate surface area is 260 Å². The van der Waals surface area contributed by atoms with E-state index in [0.29, 0.717) is 39.3 Å². The Morgan fingerprint density at radius 2 is 1.27 bits per heavy atom. The van der Waals surface area contributed by atoms with Crippen LogP contribution in [0.3, 0.4) is 0 Å². The van der Waals surface area contributed by atoms with E-state index in [0.717, 1.165) is 31.9 Å². The van der Waals surface area contributed by atoms with Crippen LogP contribution in [0.5, 0.6) is 11.5 Å². The van der Waals surface area contributed by atoms with Crippen molar-refractivity contribution in [1.82, 2.24) is 19.9 Å². The van der Waals surface area contributed by atoms with Crippen molar-refractivity contribution in [3.63, 3.8) is 0 Å². The zero-order valence-electron chi connectivity index (χ0n) is 23.6. The Bertz CT molecular complexity index is 1960. The van der Waals surface area contributed by atoms with E-state index < -0.39 is 0 Å². The normalized spacial score (nSPS) is 11.4. The first kappa shape index (κ1) is 29.8. The third kappa shape index (κ3) is 6.36. The minimum absolute atomic E-state index is 0.322. The van der Waals surface area contributed by atoms with Crippen LogP contribution in [0, 0.1) is 28.5 Å². The Hall–Kier alpha value is -5.71. The van der Waals surface area contributed by atoms with Crippen molar-refractivity contribution in [3.05, 3.63) is 118 Å². The molecule has 0 saturated heterocycles. The van der Waals surface area contributed by atoms with Gasteiger partial charge in [-0.25, -0.2) is 4.39 Å². The van der Waals surface area contributed by atoms with Crippen LogP contribution < -0.4 is 9.47 Å². The van der Waals surface area contributed by atoms with E-state index >= 15 is 0 Å². The first-order valence-electron chi connectivity index (χ1n) is 13.2. The molecule has 6 rings (SSSR count). The van der Waals surface area contributed by atoms with Gasteiger partial charge in [0.05, 0.1) is 37.5 Å². The third-order valence-corrected chi connectivity index (χ3v) is 7.26. The molecule has 8 nitrogen and oxygen atoms in total. The summed E-state index contributed by atoms with van der Waals surface area (Å²) in [5.74, 6) is 0.997. The number of allylic oxidation sites excluding steroid dienone is 2. The number of nitrogens with one attached hydrogen (secondary N) is 2. The average molecular weight is 648 g/mol. The molecular weight excluding hydrogens is 623 g/mol. The highest BCUT2D eigenvalue weighted by Crippen LogP contribution is 2.31. The first-order chi connectivity index (χ1) is 21.4. The number of methoxy groups -OCH3 is 2. The van der Waals surface area contributed by atoms with E-state index in [1.54, 1.807) is 75.6 Å². The van der Waals surface area contributed by atoms with Crippen LogP contribution in [0.2, 0.25) is 0 Å². The maximum atomic E-state index is 13.3. The van der Waals surface area contributed by atoms with Crippen molar-refractivity contribution in [2.75, 3.05) is 14.2 Å². The minimum atomic E-state index is -0.322. The third-order valence-electron chi connectivity index (χ3n) is 6.77. The number of rotatable bonds is 6. The van der Waals surface area contributed by atoms with Gasteiger partial charge in [-0.1, -0.05) is 22.0 Å². The van der Waals surface area contributed by atoms with Gasteiger partial charge < -0.3 is 19.4 Å². The smallest absolute Gasteiger partial charge is 0.129 e. The van der Waals surface area contributed by atoms with Gasteiger partial charge in [0.15, 0.2) is 0 Å². The Morgan fingerprint density at radius 3 is 1.77 bits per heavy atom. The van der Waals surface area contributed by atoms with Gasteiger partial charge in [-0.3, -0.25) is 9.97 Å². The van der Waals surface area contributed by atoms with Crippen molar-refractivity contribution in [3.8, 4) is 23.6 Å². The summed E-state index contributed by atoms with van der Waals surface area (Å²) in [4.78, 5) is 14.3. The van der Waals surface area contributed by atoms with E-state index in [2.05, 4.69) is 48.0 Å². The molecule has 0 amide bonds. The van der Waals surface area contributed by atoms with E-state index in [-0.39, 0.29) is 5.82 Å². The molecule has 216 valence electrons. The maximum Gasteiger partial charge on any atom is 0.129 e. The highest BCUT2D eigenvalue weighted by molar-refractivity contribution is 9.10. The fourth-order valence-electron chi connectivity index (χ4n) is 4.67. The fourth-order valence-corrected chi connectivity index (χ4v) is 5.03. The summed E-state index contributed by atoms with van der Waals surface area (Å²) < 4.78 is 24.8. The molecule has 44 heavy (non-hydrogen) atoms. The number of pyridine rings is 2. The number of H-pyrrole nitrogens is 2. The lowest BCUT2D eigenvalue weighted by atomic mass is 10.0. The molecule has 0 bridgehead atoms. The largest absolute Gasteiger partial charge is 0.496 e. The van der Waals surface area contributed by atoms with Crippen molar-refractivity contribution in [2.45, 2.75) is 0 Å². The van der Waals surface area contributed by atoms with E-state index in [4.69, 9.17) is 9.47 Å². The zero-order chi connectivity index (χ0) is 31.1. The molecule has 0 fully saturated rings. The molecule has 6 aromatic rings. The van der Waals surface area contributed by atoms with Crippen LogP contribution in [-0.2, 0) is 0 Å². The van der Waals surface area contributed by atoms with Crippen LogP contribution in [0.1, 0.15) is 22.3 Å². The highest BCUT2D eigenvalue weighted by atomic mass is 79.9. The average Bonchev–Trinajstić information content (AvgIpc) is 3.66. The van der Waals surface area contributed by atoms with Gasteiger partial charge in [-0.2, -0.15) is 10.5 Å². The van der Waals surface area contributed by atoms with Crippen molar-refractivity contribution in [1.29, 1.82) is 10.5 Å². The monoisotopic (exact) mass is 646 g/mol. The number of nitrogens with zero attached hydrogens (tertiary/aromatic N) is 4. The first-order valence-corrected chi connectivity index (χ1v) is 14.0. The van der Waals surface area contributed by atoms with Crippen LogP contribution >= 0.6 is 15.9 Å². The molecule has 2 aromatic carbocycles. The molecule has 4 heterocycles. The van der Waals surface area contributed by atoms with Crippen molar-refractivity contribution in [2.24, 2.45) is 0 Å². The number of fused-ring (bicyclic) bond motifs is 2. The summed E-state index contributed by atoms with van der Waals surface area (Å²) in [5.41, 5.74) is 5.67. The molecule has 4 aromatic heterocycles. The van der Waals surface area contributed by atoms with Crippen LogP contribution in [0.15, 0.2) is 90.2 Å². The second kappa shape index (κ2) is 13.5. The summed E-state index contributed by atoms with van der Waals surface area (Å²) in [7, 11) is 3.16. The maximum absolute atomic E-state index is 13.3. The summed E-state index contributed by atoms with van der Waals surface area (Å²) in [5, 5.41) is 20.8. The number of ether oxygens (including phenoxy) is 2. The summed E-state index contributed by atoms with van der Waals surface area (Å²) in [6.07, 6.45) is 13.6. The minimum Gasteiger partial charge on any atom is -0.496 e. The molecule has 2 N–H and O–H groups in total. The lowest BCUT2D eigenvalue weighted by molar-refractivity contribution is 0.413. The van der Waals surface area contributed by atoms with E-state index in [1.165, 1.54) is 12.1 Å². The quantitative estimate of drug-likeness (QED) is 0.176. The number of nitriles is 2. The molecule has 10 heteroatoms. The molecule has 0 spiro atoms. The predicted octanol–water partition coefficient (Wildman–Crippen LogP) is 8.17. The SMILES string of the molecule is COc1ccncc1/C=C(\C#N)c1c[nH]c2cc(Br)ccc12.COc1ccncc1/C=C(\C#N)c1c[nH]c2cc(F)ccc12. The molecule has 0 saturated carbocycles. The lowest BCUT2D eigenvalue weighted by Gasteiger charge is -2.04. The Kier molecular flexibility index (Phi) is 9.14. The topological polar surface area (TPSA) is 123 Å². The lowest BCUT2D eigenvalue weighted by Crippen LogP contribution is -1.89. The summed E-state index contributed by atoms with van der Waals surface area (Å²) in [6, 6.07) is 18.3. The zero-order valence-corrected chi connectivity index (χ0v) is 25.2. The molecule has 0 aliphatic heterocycles. The highest BCUT2D eigenvalue weighted by Gasteiger charge is 2.12. The predicted molar refractivity (Wildman–Crippen MR) is 173 cm³/mol. The molecule has 0 unspecified atom stereocenters. The Morgan fingerprint density at radius 1 is 0.773 bits per heavy atom. The van der Waals surface area contributed by atoms with E-state index in [9.17, 15) is 14.9 Å². The number of aromatic amines is 2. The van der Waals surface area contributed by atoms with E-state index in [1.807, 2.05) is 24.4 Å². The number of benzene rings is 2. The summed E-state index contributed by atoms with van der Waals surface area (Å²) >= 11 is 3.44. The number of aromatic nitrogens is 4. The standard InChI is InChI=1S/C17H12BrN3O.C17H12FN3O/c2*1-22-17-4-5-20-9-12(17)6-11(8-19)15-10-21-16-7-13(18)2-3-14(15)16/h2*2-7,9-10,21H,1H3/b2*11-6+. The van der Waals surface area contributed by atoms with Crippen LogP contribution in [0.4, 0.5) is 4.39 Å². The van der Waals surface area contributed by atoms with Gasteiger partial charge in [0.25, 0.3) is 0 Å². The number of hydrogen-bond donors (Lipinski definition) is 2. The molecule has 0 aliphatic rings. The van der Waals surface area contributed by atoms with Gasteiger partial charge >= 0.3 is 0 Å². The second-order valence-corrected chi connectivity index (χ2v) is 10.3. The van der Waals surface area contributed by atoms with Crippen molar-refractivity contribution >= 4 is 61.0 Å². The van der Waals surface area contributed by atoms with Gasteiger partial charge in [0, 0.05) is 85.7 Å². The van der Waals surface area contributed by atoms with Gasteiger partial charge in [-0.05, 0) is 54.6 Å². The molecule has 0 radical (unpaired) electrons. The van der Waals surface area contributed by atoms with Crippen LogP contribution in [-0.4, -0.2) is 34.2 Å².